The van der Waals surface area contributed by atoms with Crippen LogP contribution in [-0.4, -0.2) is 45.7 Å². The van der Waals surface area contributed by atoms with Crippen LogP contribution >= 0.6 is 0 Å². The number of methoxy groups -OCH3 is 2. The van der Waals surface area contributed by atoms with Gasteiger partial charge in [0.05, 0.1) is 27.0 Å². The van der Waals surface area contributed by atoms with E-state index in [0.29, 0.717) is 22.7 Å². The molecule has 1 amide bonds. The number of carbonyl (C=O) groups is 1. The van der Waals surface area contributed by atoms with Crippen molar-refractivity contribution in [1.82, 2.24) is 4.31 Å². The molecule has 0 unspecified atom stereocenters. The second-order valence-electron chi connectivity index (χ2n) is 6.08. The Morgan fingerprint density at radius 3 is 2.33 bits per heavy atom. The molecule has 1 N–H and O–H groups in total. The summed E-state index contributed by atoms with van der Waals surface area (Å²) in [4.78, 5) is 12.4. The van der Waals surface area contributed by atoms with E-state index in [0.717, 1.165) is 16.1 Å². The smallest absolute Gasteiger partial charge is 0.239 e. The van der Waals surface area contributed by atoms with Gasteiger partial charge in [-0.3, -0.25) is 4.79 Å². The highest BCUT2D eigenvalue weighted by Crippen LogP contribution is 2.28. The molecule has 0 aliphatic rings. The predicted octanol–water partition coefficient (Wildman–Crippen LogP) is 2.41. The number of anilines is 1. The zero-order chi connectivity index (χ0) is 20.0. The second-order valence-corrected chi connectivity index (χ2v) is 8.07. The number of nitrogens with one attached hydrogen (secondary N) is 1. The van der Waals surface area contributed by atoms with Crippen LogP contribution < -0.4 is 14.8 Å². The topological polar surface area (TPSA) is 84.9 Å². The Bertz CT molecular complexity index is 912. The molecule has 0 fully saturated rings. The molecule has 0 aromatic heterocycles. The number of benzene rings is 2. The number of para-hydroxylation sites is 1. The molecule has 7 nitrogen and oxygen atoms in total. The first-order chi connectivity index (χ1) is 12.7. The predicted molar refractivity (Wildman–Crippen MR) is 105 cm³/mol. The summed E-state index contributed by atoms with van der Waals surface area (Å²) in [6, 6.07) is 12.4. The molecule has 0 bridgehead atoms. The molecule has 0 aliphatic heterocycles. The fraction of sp³-hybridized carbons (Fsp3) is 0.316. The van der Waals surface area contributed by atoms with Crippen LogP contribution in [-0.2, 0) is 21.4 Å². The molecule has 0 atom stereocenters. The van der Waals surface area contributed by atoms with Crippen molar-refractivity contribution < 1.29 is 22.7 Å². The Morgan fingerprint density at radius 2 is 1.74 bits per heavy atom. The number of rotatable bonds is 8. The number of hydrogen-bond donors (Lipinski definition) is 1. The van der Waals surface area contributed by atoms with Gasteiger partial charge in [-0.1, -0.05) is 24.3 Å². The van der Waals surface area contributed by atoms with Crippen molar-refractivity contribution in [3.63, 3.8) is 0 Å². The van der Waals surface area contributed by atoms with Crippen LogP contribution in [0.3, 0.4) is 0 Å². The first-order valence-corrected chi connectivity index (χ1v) is 10.1. The molecule has 0 saturated heterocycles. The number of nitrogens with zero attached hydrogens (tertiary/aromatic N) is 1. The minimum atomic E-state index is -3.60. The minimum Gasteiger partial charge on any atom is -0.493 e. The molecule has 2 rings (SSSR count). The van der Waals surface area contributed by atoms with E-state index in [9.17, 15) is 13.2 Å². The van der Waals surface area contributed by atoms with E-state index in [2.05, 4.69) is 5.32 Å². The second kappa shape index (κ2) is 8.88. The quantitative estimate of drug-likeness (QED) is 0.746. The lowest BCUT2D eigenvalue weighted by Crippen LogP contribution is -2.37. The summed E-state index contributed by atoms with van der Waals surface area (Å²) < 4.78 is 35.9. The first-order valence-electron chi connectivity index (χ1n) is 8.26. The molecular weight excluding hydrogens is 368 g/mol. The van der Waals surface area contributed by atoms with Gasteiger partial charge in [0.25, 0.3) is 0 Å². The summed E-state index contributed by atoms with van der Waals surface area (Å²) >= 11 is 0. The largest absolute Gasteiger partial charge is 0.493 e. The number of carbonyl (C=O) groups excluding carboxylic acids is 1. The molecule has 0 aliphatic carbocycles. The summed E-state index contributed by atoms with van der Waals surface area (Å²) in [7, 11) is -0.566. The molecule has 0 heterocycles. The Balaban J connectivity index is 2.17. The van der Waals surface area contributed by atoms with Crippen molar-refractivity contribution >= 4 is 21.6 Å². The highest BCUT2D eigenvalue weighted by molar-refractivity contribution is 7.88. The minimum absolute atomic E-state index is 0.0420. The van der Waals surface area contributed by atoms with Crippen molar-refractivity contribution in [3.05, 3.63) is 53.6 Å². The normalized spacial score (nSPS) is 11.3. The zero-order valence-corrected chi connectivity index (χ0v) is 16.7. The van der Waals surface area contributed by atoms with E-state index in [4.69, 9.17) is 9.47 Å². The summed E-state index contributed by atoms with van der Waals surface area (Å²) in [5, 5.41) is 2.75. The van der Waals surface area contributed by atoms with Crippen molar-refractivity contribution in [2.24, 2.45) is 0 Å². The lowest BCUT2D eigenvalue weighted by molar-refractivity contribution is -0.116. The molecule has 27 heavy (non-hydrogen) atoms. The fourth-order valence-corrected chi connectivity index (χ4v) is 3.27. The molecule has 8 heteroatoms. The van der Waals surface area contributed by atoms with Crippen LogP contribution in [0.4, 0.5) is 5.69 Å². The summed E-state index contributed by atoms with van der Waals surface area (Å²) in [5.41, 5.74) is 2.24. The first kappa shape index (κ1) is 20.7. The van der Waals surface area contributed by atoms with Crippen LogP contribution in [0.15, 0.2) is 42.5 Å². The fourth-order valence-electron chi connectivity index (χ4n) is 2.54. The SMILES string of the molecule is COc1ccc(CN(CC(=O)Nc2ccccc2C)S(C)(=O)=O)cc1OC. The Morgan fingerprint density at radius 1 is 1.07 bits per heavy atom. The number of sulfonamides is 1. The van der Waals surface area contributed by atoms with Gasteiger partial charge >= 0.3 is 0 Å². The summed E-state index contributed by atoms with van der Waals surface area (Å²) in [5.74, 6) is 0.632. The third kappa shape index (κ3) is 5.70. The maximum absolute atomic E-state index is 12.4. The monoisotopic (exact) mass is 392 g/mol. The molecule has 0 saturated carbocycles. The summed E-state index contributed by atoms with van der Waals surface area (Å²) in [6.45, 7) is 1.62. The Labute approximate surface area is 160 Å². The van der Waals surface area contributed by atoms with Crippen molar-refractivity contribution in [1.29, 1.82) is 0 Å². The molecule has 2 aromatic carbocycles. The van der Waals surface area contributed by atoms with Gasteiger partial charge in [-0.25, -0.2) is 8.42 Å². The lowest BCUT2D eigenvalue weighted by Gasteiger charge is -2.20. The van der Waals surface area contributed by atoms with E-state index in [1.165, 1.54) is 14.2 Å². The standard InChI is InChI=1S/C19H24N2O5S/c1-14-7-5-6-8-16(14)20-19(22)13-21(27(4,23)24)12-15-9-10-17(25-2)18(11-15)26-3/h5-11H,12-13H2,1-4H3,(H,20,22). The molecule has 0 radical (unpaired) electrons. The van der Waals surface area contributed by atoms with E-state index in [1.807, 2.05) is 19.1 Å². The average molecular weight is 392 g/mol. The van der Waals surface area contributed by atoms with Gasteiger partial charge in [-0.15, -0.1) is 0 Å². The molecule has 2 aromatic rings. The van der Waals surface area contributed by atoms with E-state index in [-0.39, 0.29) is 13.1 Å². The average Bonchev–Trinajstić information content (AvgIpc) is 2.62. The highest BCUT2D eigenvalue weighted by atomic mass is 32.2. The van der Waals surface area contributed by atoms with Gasteiger partial charge in [-0.05, 0) is 36.2 Å². The number of amides is 1. The van der Waals surface area contributed by atoms with Crippen LogP contribution in [0.5, 0.6) is 11.5 Å². The van der Waals surface area contributed by atoms with Gasteiger partial charge in [-0.2, -0.15) is 4.31 Å². The number of ether oxygens (including phenoxy) is 2. The number of aryl methyl sites for hydroxylation is 1. The maximum atomic E-state index is 12.4. The van der Waals surface area contributed by atoms with Crippen LogP contribution in [0.1, 0.15) is 11.1 Å². The molecule has 0 spiro atoms. The molecular formula is C19H24N2O5S. The Hall–Kier alpha value is -2.58. The van der Waals surface area contributed by atoms with Crippen LogP contribution in [0.2, 0.25) is 0 Å². The zero-order valence-electron chi connectivity index (χ0n) is 15.9. The Kier molecular flexibility index (Phi) is 6.81. The van der Waals surface area contributed by atoms with Gasteiger partial charge in [0.1, 0.15) is 0 Å². The third-order valence-corrected chi connectivity index (χ3v) is 5.21. The lowest BCUT2D eigenvalue weighted by atomic mass is 10.2. The van der Waals surface area contributed by atoms with Crippen molar-refractivity contribution in [2.75, 3.05) is 32.3 Å². The van der Waals surface area contributed by atoms with E-state index in [1.54, 1.807) is 30.3 Å². The highest BCUT2D eigenvalue weighted by Gasteiger charge is 2.21. The van der Waals surface area contributed by atoms with Gasteiger partial charge in [0, 0.05) is 12.2 Å². The van der Waals surface area contributed by atoms with Crippen LogP contribution in [0, 0.1) is 6.92 Å². The molecule has 146 valence electrons. The van der Waals surface area contributed by atoms with Crippen molar-refractivity contribution in [3.8, 4) is 11.5 Å². The van der Waals surface area contributed by atoms with Gasteiger partial charge in [0.2, 0.25) is 15.9 Å². The third-order valence-electron chi connectivity index (χ3n) is 4.02. The summed E-state index contributed by atoms with van der Waals surface area (Å²) in [6.07, 6.45) is 1.08. The number of hydrogen-bond acceptors (Lipinski definition) is 5. The van der Waals surface area contributed by atoms with Gasteiger partial charge < -0.3 is 14.8 Å². The van der Waals surface area contributed by atoms with Gasteiger partial charge in [0.15, 0.2) is 11.5 Å². The van der Waals surface area contributed by atoms with E-state index < -0.39 is 15.9 Å². The van der Waals surface area contributed by atoms with Crippen LogP contribution in [0.25, 0.3) is 0 Å². The maximum Gasteiger partial charge on any atom is 0.239 e. The van der Waals surface area contributed by atoms with E-state index >= 15 is 0 Å². The van der Waals surface area contributed by atoms with Crippen molar-refractivity contribution in [2.45, 2.75) is 13.5 Å².